The van der Waals surface area contributed by atoms with Crippen LogP contribution in [0, 0.1) is 0 Å². The molecule has 0 radical (unpaired) electrons. The van der Waals surface area contributed by atoms with Gasteiger partial charge in [0.25, 0.3) is 0 Å². The molecule has 1 atom stereocenters. The SMILES string of the molecule is COc1cc2c(cc1OC)C(c1cccs1)N(Cc1nc3ccccc3s1)CC2. The normalized spacial score (nSPS) is 16.7. The van der Waals surface area contributed by atoms with Gasteiger partial charge in [-0.15, -0.1) is 22.7 Å². The fraction of sp³-hybridized carbons (Fsp3) is 0.261. The molecule has 0 fully saturated rings. The molecule has 4 aromatic rings. The van der Waals surface area contributed by atoms with E-state index in [1.54, 1.807) is 36.9 Å². The summed E-state index contributed by atoms with van der Waals surface area (Å²) in [6.45, 7) is 1.83. The molecule has 2 aromatic heterocycles. The lowest BCUT2D eigenvalue weighted by molar-refractivity contribution is 0.206. The van der Waals surface area contributed by atoms with E-state index in [0.717, 1.165) is 41.5 Å². The highest BCUT2D eigenvalue weighted by Crippen LogP contribution is 2.43. The van der Waals surface area contributed by atoms with Crippen LogP contribution < -0.4 is 9.47 Å². The van der Waals surface area contributed by atoms with Crippen molar-refractivity contribution in [2.75, 3.05) is 20.8 Å². The minimum Gasteiger partial charge on any atom is -0.493 e. The molecule has 0 spiro atoms. The fourth-order valence-electron chi connectivity index (χ4n) is 4.11. The van der Waals surface area contributed by atoms with Crippen LogP contribution in [0.25, 0.3) is 10.2 Å². The van der Waals surface area contributed by atoms with E-state index in [9.17, 15) is 0 Å². The summed E-state index contributed by atoms with van der Waals surface area (Å²) in [7, 11) is 3.40. The Labute approximate surface area is 178 Å². The number of para-hydroxylation sites is 1. The Kier molecular flexibility index (Phi) is 4.99. The highest BCUT2D eigenvalue weighted by atomic mass is 32.1. The van der Waals surface area contributed by atoms with Gasteiger partial charge in [0.2, 0.25) is 0 Å². The summed E-state index contributed by atoms with van der Waals surface area (Å²) in [5.41, 5.74) is 3.73. The summed E-state index contributed by atoms with van der Waals surface area (Å²) >= 11 is 3.60. The van der Waals surface area contributed by atoms with Gasteiger partial charge < -0.3 is 9.47 Å². The van der Waals surface area contributed by atoms with E-state index >= 15 is 0 Å². The van der Waals surface area contributed by atoms with Gasteiger partial charge >= 0.3 is 0 Å². The monoisotopic (exact) mass is 422 g/mol. The number of hydrogen-bond donors (Lipinski definition) is 0. The topological polar surface area (TPSA) is 34.6 Å². The molecule has 0 amide bonds. The molecule has 0 N–H and O–H groups in total. The maximum atomic E-state index is 5.61. The smallest absolute Gasteiger partial charge is 0.161 e. The number of methoxy groups -OCH3 is 2. The Morgan fingerprint density at radius 1 is 1.07 bits per heavy atom. The number of benzene rings is 2. The zero-order valence-corrected chi connectivity index (χ0v) is 18.1. The Bertz CT molecular complexity index is 1100. The lowest BCUT2D eigenvalue weighted by Crippen LogP contribution is -2.35. The van der Waals surface area contributed by atoms with Crippen LogP contribution in [0.5, 0.6) is 11.5 Å². The van der Waals surface area contributed by atoms with Crippen molar-refractivity contribution in [1.82, 2.24) is 9.88 Å². The summed E-state index contributed by atoms with van der Waals surface area (Å²) < 4.78 is 12.4. The second-order valence-corrected chi connectivity index (χ2v) is 9.21. The van der Waals surface area contributed by atoms with Crippen molar-refractivity contribution < 1.29 is 9.47 Å². The molecule has 1 aliphatic heterocycles. The molecule has 0 bridgehead atoms. The number of ether oxygens (including phenoxy) is 2. The number of thiophene rings is 1. The first-order valence-corrected chi connectivity index (χ1v) is 11.3. The fourth-order valence-corrected chi connectivity index (χ4v) is 5.98. The van der Waals surface area contributed by atoms with Crippen LogP contribution in [0.3, 0.4) is 0 Å². The number of thiazole rings is 1. The molecule has 3 heterocycles. The molecule has 2 aromatic carbocycles. The lowest BCUT2D eigenvalue weighted by Gasteiger charge is -2.37. The predicted octanol–water partition coefficient (Wildman–Crippen LogP) is 5.52. The van der Waals surface area contributed by atoms with Gasteiger partial charge in [0.1, 0.15) is 5.01 Å². The predicted molar refractivity (Wildman–Crippen MR) is 119 cm³/mol. The Morgan fingerprint density at radius 2 is 1.90 bits per heavy atom. The maximum absolute atomic E-state index is 5.61. The van der Waals surface area contributed by atoms with Gasteiger partial charge in [-0.2, -0.15) is 0 Å². The molecule has 4 nitrogen and oxygen atoms in total. The third-order valence-corrected chi connectivity index (χ3v) is 7.41. The van der Waals surface area contributed by atoms with Gasteiger partial charge in [-0.05, 0) is 53.3 Å². The average molecular weight is 423 g/mol. The molecule has 148 valence electrons. The first kappa shape index (κ1) is 18.6. The molecule has 6 heteroatoms. The standard InChI is InChI=1S/C23H22N2O2S2/c1-26-18-12-15-9-10-25(14-22-24-17-6-3-4-7-20(17)29-22)23(21-8-5-11-28-21)16(15)13-19(18)27-2/h3-8,11-13,23H,9-10,14H2,1-2H3. The van der Waals surface area contributed by atoms with E-state index in [0.29, 0.717) is 0 Å². The number of rotatable bonds is 5. The van der Waals surface area contributed by atoms with E-state index in [1.165, 1.54) is 20.7 Å². The summed E-state index contributed by atoms with van der Waals surface area (Å²) in [6.07, 6.45) is 0.989. The molecule has 0 saturated carbocycles. The van der Waals surface area contributed by atoms with Crippen molar-refractivity contribution >= 4 is 32.9 Å². The van der Waals surface area contributed by atoms with E-state index < -0.39 is 0 Å². The van der Waals surface area contributed by atoms with Crippen LogP contribution in [0.2, 0.25) is 0 Å². The van der Waals surface area contributed by atoms with Gasteiger partial charge in [0.15, 0.2) is 11.5 Å². The zero-order chi connectivity index (χ0) is 19.8. The molecule has 29 heavy (non-hydrogen) atoms. The quantitative estimate of drug-likeness (QED) is 0.424. The van der Waals surface area contributed by atoms with Crippen LogP contribution in [-0.2, 0) is 13.0 Å². The number of fused-ring (bicyclic) bond motifs is 2. The van der Waals surface area contributed by atoms with Crippen molar-refractivity contribution in [3.63, 3.8) is 0 Å². The van der Waals surface area contributed by atoms with Gasteiger partial charge in [-0.3, -0.25) is 4.90 Å². The van der Waals surface area contributed by atoms with E-state index in [1.807, 2.05) is 0 Å². The van der Waals surface area contributed by atoms with Gasteiger partial charge in [0.05, 0.1) is 37.0 Å². The third-order valence-electron chi connectivity index (χ3n) is 5.46. The summed E-state index contributed by atoms with van der Waals surface area (Å²) in [4.78, 5) is 8.76. The van der Waals surface area contributed by atoms with Gasteiger partial charge in [0, 0.05) is 11.4 Å². The van der Waals surface area contributed by atoms with Crippen LogP contribution >= 0.6 is 22.7 Å². The van der Waals surface area contributed by atoms with Crippen molar-refractivity contribution in [1.29, 1.82) is 0 Å². The zero-order valence-electron chi connectivity index (χ0n) is 16.4. The second-order valence-electron chi connectivity index (χ2n) is 7.12. The number of hydrogen-bond acceptors (Lipinski definition) is 6. The highest BCUT2D eigenvalue weighted by molar-refractivity contribution is 7.18. The molecule has 1 aliphatic rings. The first-order valence-electron chi connectivity index (χ1n) is 9.63. The van der Waals surface area contributed by atoms with Crippen molar-refractivity contribution in [3.05, 3.63) is 74.9 Å². The molecular formula is C23H22N2O2S2. The summed E-state index contributed by atoms with van der Waals surface area (Å²) in [5, 5.41) is 3.32. The van der Waals surface area contributed by atoms with Gasteiger partial charge in [-0.25, -0.2) is 4.98 Å². The maximum Gasteiger partial charge on any atom is 0.161 e. The lowest BCUT2D eigenvalue weighted by atomic mass is 9.91. The van der Waals surface area contributed by atoms with Gasteiger partial charge in [-0.1, -0.05) is 18.2 Å². The number of nitrogens with zero attached hydrogens (tertiary/aromatic N) is 2. The molecule has 0 aliphatic carbocycles. The van der Waals surface area contributed by atoms with Crippen LogP contribution in [0.1, 0.15) is 27.1 Å². The van der Waals surface area contributed by atoms with E-state index in [-0.39, 0.29) is 6.04 Å². The Morgan fingerprint density at radius 3 is 2.66 bits per heavy atom. The van der Waals surface area contributed by atoms with Crippen molar-refractivity contribution in [2.45, 2.75) is 19.0 Å². The van der Waals surface area contributed by atoms with Crippen molar-refractivity contribution in [3.8, 4) is 11.5 Å². The highest BCUT2D eigenvalue weighted by Gasteiger charge is 2.31. The van der Waals surface area contributed by atoms with Crippen LogP contribution in [-0.4, -0.2) is 30.6 Å². The number of aromatic nitrogens is 1. The minimum atomic E-state index is 0.200. The van der Waals surface area contributed by atoms with E-state index in [4.69, 9.17) is 14.5 Å². The third kappa shape index (κ3) is 3.41. The summed E-state index contributed by atoms with van der Waals surface area (Å²) in [5.74, 6) is 1.59. The second kappa shape index (κ2) is 7.78. The minimum absolute atomic E-state index is 0.200. The van der Waals surface area contributed by atoms with Crippen LogP contribution in [0.15, 0.2) is 53.9 Å². The summed E-state index contributed by atoms with van der Waals surface area (Å²) in [6, 6.07) is 17.2. The average Bonchev–Trinajstić information content (AvgIpc) is 3.42. The molecule has 5 rings (SSSR count). The molecular weight excluding hydrogens is 400 g/mol. The Hall–Kier alpha value is -2.41. The Balaban J connectivity index is 1.55. The van der Waals surface area contributed by atoms with Crippen molar-refractivity contribution in [2.24, 2.45) is 0 Å². The molecule has 1 unspecified atom stereocenters. The first-order chi connectivity index (χ1) is 14.3. The van der Waals surface area contributed by atoms with E-state index in [2.05, 4.69) is 58.8 Å². The van der Waals surface area contributed by atoms with Crippen LogP contribution in [0.4, 0.5) is 0 Å². The molecule has 0 saturated heterocycles. The largest absolute Gasteiger partial charge is 0.493 e.